The number of hydrogen-bond donors (Lipinski definition) is 3. The highest BCUT2D eigenvalue weighted by atomic mass is 32.2. The third-order valence-electron chi connectivity index (χ3n) is 2.50. The Morgan fingerprint density at radius 3 is 2.55 bits per heavy atom. The van der Waals surface area contributed by atoms with E-state index in [0.29, 0.717) is 6.54 Å². The molecule has 0 aliphatic rings. The molecule has 0 saturated carbocycles. The van der Waals surface area contributed by atoms with Gasteiger partial charge in [0.2, 0.25) is 15.9 Å². The molecule has 112 valence electrons. The van der Waals surface area contributed by atoms with E-state index in [0.717, 1.165) is 12.5 Å². The van der Waals surface area contributed by atoms with Crippen molar-refractivity contribution in [2.24, 2.45) is 7.05 Å². The summed E-state index contributed by atoms with van der Waals surface area (Å²) in [5.41, 5.74) is -0.152. The van der Waals surface area contributed by atoms with Gasteiger partial charge in [-0.2, -0.15) is 0 Å². The van der Waals surface area contributed by atoms with Gasteiger partial charge in [0.25, 0.3) is 0 Å². The third-order valence-corrected chi connectivity index (χ3v) is 3.87. The van der Waals surface area contributed by atoms with Crippen molar-refractivity contribution in [1.82, 2.24) is 14.6 Å². The lowest BCUT2D eigenvalue weighted by molar-refractivity contribution is -0.119. The highest BCUT2D eigenvalue weighted by molar-refractivity contribution is 7.89. The van der Waals surface area contributed by atoms with Crippen molar-refractivity contribution < 1.29 is 23.1 Å². The van der Waals surface area contributed by atoms with Crippen LogP contribution in [0.2, 0.25) is 0 Å². The number of sulfonamides is 1. The largest absolute Gasteiger partial charge is 0.477 e. The second-order valence-electron chi connectivity index (χ2n) is 4.15. The Morgan fingerprint density at radius 1 is 1.40 bits per heavy atom. The zero-order valence-electron chi connectivity index (χ0n) is 11.2. The number of nitrogens with zero attached hydrogens (tertiary/aromatic N) is 1. The number of hydrogen-bond acceptors (Lipinski definition) is 4. The fourth-order valence-corrected chi connectivity index (χ4v) is 2.52. The van der Waals surface area contributed by atoms with E-state index in [1.165, 1.54) is 17.8 Å². The second kappa shape index (κ2) is 6.53. The normalized spacial score (nSPS) is 11.3. The summed E-state index contributed by atoms with van der Waals surface area (Å²) in [6.45, 7) is 1.95. The Kier molecular flexibility index (Phi) is 5.28. The first-order valence-electron chi connectivity index (χ1n) is 5.94. The highest BCUT2D eigenvalue weighted by Gasteiger charge is 2.20. The first-order chi connectivity index (χ1) is 9.27. The second-order valence-corrected chi connectivity index (χ2v) is 5.92. The van der Waals surface area contributed by atoms with Crippen LogP contribution in [0, 0.1) is 0 Å². The minimum Gasteiger partial charge on any atom is -0.477 e. The number of nitrogens with one attached hydrogen (secondary N) is 2. The number of carboxylic acid groups (broad SMARTS) is 1. The quantitative estimate of drug-likeness (QED) is 0.629. The van der Waals surface area contributed by atoms with Gasteiger partial charge in [-0.15, -0.1) is 0 Å². The van der Waals surface area contributed by atoms with E-state index in [4.69, 9.17) is 5.11 Å². The van der Waals surface area contributed by atoms with Crippen LogP contribution in [0.1, 0.15) is 23.8 Å². The Labute approximate surface area is 116 Å². The molecule has 0 saturated heterocycles. The van der Waals surface area contributed by atoms with Crippen LogP contribution < -0.4 is 10.0 Å². The standard InChI is InChI=1S/C11H17N3O5S/c1-3-4-12-10(15)6-13-20(18,19)8-5-9(11(16)17)14(2)7-8/h5,7,13H,3-4,6H2,1-2H3,(H,12,15)(H,16,17). The van der Waals surface area contributed by atoms with E-state index in [1.54, 1.807) is 0 Å². The Hall–Kier alpha value is -1.87. The molecule has 0 unspecified atom stereocenters. The summed E-state index contributed by atoms with van der Waals surface area (Å²) in [5.74, 6) is -1.67. The summed E-state index contributed by atoms with van der Waals surface area (Å²) < 4.78 is 27.1. The van der Waals surface area contributed by atoms with Crippen molar-refractivity contribution in [3.8, 4) is 0 Å². The SMILES string of the molecule is CCCNC(=O)CNS(=O)(=O)c1cc(C(=O)O)n(C)c1. The van der Waals surface area contributed by atoms with E-state index in [9.17, 15) is 18.0 Å². The van der Waals surface area contributed by atoms with E-state index < -0.39 is 21.9 Å². The smallest absolute Gasteiger partial charge is 0.352 e. The van der Waals surface area contributed by atoms with Gasteiger partial charge in [-0.3, -0.25) is 4.79 Å². The van der Waals surface area contributed by atoms with E-state index in [2.05, 4.69) is 10.0 Å². The molecule has 0 bridgehead atoms. The van der Waals surface area contributed by atoms with Gasteiger partial charge in [-0.25, -0.2) is 17.9 Å². The number of carbonyl (C=O) groups is 2. The average Bonchev–Trinajstić information content (AvgIpc) is 2.77. The number of aromatic nitrogens is 1. The van der Waals surface area contributed by atoms with Gasteiger partial charge < -0.3 is 15.0 Å². The lowest BCUT2D eigenvalue weighted by Crippen LogP contribution is -2.37. The maximum Gasteiger partial charge on any atom is 0.352 e. The number of aryl methyl sites for hydroxylation is 1. The average molecular weight is 303 g/mol. The summed E-state index contributed by atoms with van der Waals surface area (Å²) in [4.78, 5) is 22.0. The van der Waals surface area contributed by atoms with Crippen LogP contribution in [-0.2, 0) is 21.9 Å². The molecule has 0 radical (unpaired) electrons. The lowest BCUT2D eigenvalue weighted by Gasteiger charge is -2.05. The molecule has 0 aromatic carbocycles. The predicted molar refractivity (Wildman–Crippen MR) is 70.9 cm³/mol. The number of aromatic carboxylic acids is 1. The van der Waals surface area contributed by atoms with Crippen molar-refractivity contribution in [1.29, 1.82) is 0 Å². The van der Waals surface area contributed by atoms with Crippen LogP contribution in [0.4, 0.5) is 0 Å². The molecule has 0 fully saturated rings. The molecule has 0 atom stereocenters. The maximum absolute atomic E-state index is 11.9. The maximum atomic E-state index is 11.9. The van der Waals surface area contributed by atoms with Crippen LogP contribution in [0.25, 0.3) is 0 Å². The molecule has 0 spiro atoms. The van der Waals surface area contributed by atoms with Crippen LogP contribution in [-0.4, -0.2) is 43.1 Å². The molecule has 3 N–H and O–H groups in total. The van der Waals surface area contributed by atoms with Crippen LogP contribution >= 0.6 is 0 Å². The summed E-state index contributed by atoms with van der Waals surface area (Å²) >= 11 is 0. The van der Waals surface area contributed by atoms with Gasteiger partial charge in [0.1, 0.15) is 10.6 Å². The van der Waals surface area contributed by atoms with Crippen LogP contribution in [0.3, 0.4) is 0 Å². The Bertz CT molecular complexity index is 606. The fourth-order valence-electron chi connectivity index (χ4n) is 1.46. The summed E-state index contributed by atoms with van der Waals surface area (Å²) in [7, 11) is -2.48. The summed E-state index contributed by atoms with van der Waals surface area (Å²) in [6, 6.07) is 1.04. The van der Waals surface area contributed by atoms with E-state index in [1.807, 2.05) is 6.92 Å². The molecule has 1 heterocycles. The summed E-state index contributed by atoms with van der Waals surface area (Å²) in [5, 5.41) is 11.4. The monoisotopic (exact) mass is 303 g/mol. The fraction of sp³-hybridized carbons (Fsp3) is 0.455. The zero-order valence-corrected chi connectivity index (χ0v) is 12.0. The lowest BCUT2D eigenvalue weighted by atomic mass is 10.4. The van der Waals surface area contributed by atoms with Gasteiger partial charge >= 0.3 is 5.97 Å². The zero-order chi connectivity index (χ0) is 15.3. The summed E-state index contributed by atoms with van der Waals surface area (Å²) in [6.07, 6.45) is 1.93. The minimum absolute atomic E-state index is 0.152. The predicted octanol–water partition coefficient (Wildman–Crippen LogP) is -0.472. The molecule has 1 aromatic heterocycles. The molecule has 1 rings (SSSR count). The van der Waals surface area contributed by atoms with Gasteiger partial charge in [0, 0.05) is 19.8 Å². The number of amides is 1. The highest BCUT2D eigenvalue weighted by Crippen LogP contribution is 2.13. The molecule has 0 aliphatic heterocycles. The third kappa shape index (κ3) is 4.07. The van der Waals surface area contributed by atoms with Crippen molar-refractivity contribution in [2.45, 2.75) is 18.2 Å². The van der Waals surface area contributed by atoms with Gasteiger partial charge in [0.05, 0.1) is 6.54 Å². The van der Waals surface area contributed by atoms with Gasteiger partial charge in [-0.05, 0) is 12.5 Å². The molecule has 0 aliphatic carbocycles. The van der Waals surface area contributed by atoms with E-state index in [-0.39, 0.29) is 17.1 Å². The molecular formula is C11H17N3O5S. The van der Waals surface area contributed by atoms with Crippen molar-refractivity contribution in [3.05, 3.63) is 18.0 Å². The molecular weight excluding hydrogens is 286 g/mol. The molecule has 9 heteroatoms. The topological polar surface area (TPSA) is 118 Å². The van der Waals surface area contributed by atoms with Crippen molar-refractivity contribution >= 4 is 21.9 Å². The number of carbonyl (C=O) groups excluding carboxylic acids is 1. The molecule has 1 amide bonds. The Balaban J connectivity index is 2.77. The van der Waals surface area contributed by atoms with Gasteiger partial charge in [0.15, 0.2) is 0 Å². The van der Waals surface area contributed by atoms with Crippen molar-refractivity contribution in [3.63, 3.8) is 0 Å². The molecule has 1 aromatic rings. The Morgan fingerprint density at radius 2 is 2.05 bits per heavy atom. The van der Waals surface area contributed by atoms with Crippen LogP contribution in [0.5, 0.6) is 0 Å². The number of rotatable bonds is 7. The van der Waals surface area contributed by atoms with Crippen LogP contribution in [0.15, 0.2) is 17.2 Å². The molecule has 8 nitrogen and oxygen atoms in total. The first-order valence-corrected chi connectivity index (χ1v) is 7.42. The first kappa shape index (κ1) is 16.2. The molecule has 20 heavy (non-hydrogen) atoms. The number of carboxylic acids is 1. The van der Waals surface area contributed by atoms with Crippen molar-refractivity contribution in [2.75, 3.05) is 13.1 Å². The van der Waals surface area contributed by atoms with E-state index >= 15 is 0 Å². The minimum atomic E-state index is -3.91. The van der Waals surface area contributed by atoms with Gasteiger partial charge in [-0.1, -0.05) is 6.92 Å².